The van der Waals surface area contributed by atoms with E-state index in [1.807, 2.05) is 30.5 Å². The molecule has 32 heavy (non-hydrogen) atoms. The predicted molar refractivity (Wildman–Crippen MR) is 130 cm³/mol. The van der Waals surface area contributed by atoms with Gasteiger partial charge in [0.15, 0.2) is 5.78 Å². The minimum absolute atomic E-state index is 0.0512. The number of aromatic nitrogens is 2. The van der Waals surface area contributed by atoms with Crippen molar-refractivity contribution in [3.63, 3.8) is 0 Å². The molecule has 1 aromatic carbocycles. The van der Waals surface area contributed by atoms with Gasteiger partial charge in [0, 0.05) is 28.2 Å². The first-order chi connectivity index (χ1) is 15.4. The van der Waals surface area contributed by atoms with Crippen LogP contribution in [0, 0.1) is 11.3 Å². The van der Waals surface area contributed by atoms with E-state index in [0.29, 0.717) is 11.1 Å². The van der Waals surface area contributed by atoms with Gasteiger partial charge in [-0.1, -0.05) is 69.7 Å². The third kappa shape index (κ3) is 3.86. The molecule has 0 bridgehead atoms. The highest BCUT2D eigenvalue weighted by Crippen LogP contribution is 2.42. The molecule has 1 aliphatic rings. The summed E-state index contributed by atoms with van der Waals surface area (Å²) in [7, 11) is 0. The van der Waals surface area contributed by atoms with Gasteiger partial charge in [-0.05, 0) is 39.2 Å². The smallest absolute Gasteiger partial charge is 0.196 e. The molecule has 4 nitrogen and oxygen atoms in total. The summed E-state index contributed by atoms with van der Waals surface area (Å²) in [4.78, 5) is 18.4. The summed E-state index contributed by atoms with van der Waals surface area (Å²) in [6, 6.07) is 10.1. The molecule has 3 aromatic rings. The van der Waals surface area contributed by atoms with Crippen molar-refractivity contribution >= 4 is 16.8 Å². The van der Waals surface area contributed by atoms with Crippen LogP contribution in [-0.4, -0.2) is 15.3 Å². The molecule has 0 atom stereocenters. The monoisotopic (exact) mass is 427 g/mol. The maximum absolute atomic E-state index is 13.4. The second-order valence-corrected chi connectivity index (χ2v) is 9.95. The lowest BCUT2D eigenvalue weighted by atomic mass is 9.95. The van der Waals surface area contributed by atoms with E-state index in [1.54, 1.807) is 0 Å². The molecule has 2 heterocycles. The van der Waals surface area contributed by atoms with Gasteiger partial charge in [0.1, 0.15) is 11.7 Å². The number of ketones is 1. The first-order valence-corrected chi connectivity index (χ1v) is 12.0. The Morgan fingerprint density at radius 2 is 1.66 bits per heavy atom. The van der Waals surface area contributed by atoms with Gasteiger partial charge in [0.25, 0.3) is 0 Å². The lowest BCUT2D eigenvalue weighted by Crippen LogP contribution is -2.21. The van der Waals surface area contributed by atoms with Crippen LogP contribution in [0.5, 0.6) is 0 Å². The van der Waals surface area contributed by atoms with Crippen molar-refractivity contribution in [1.29, 1.82) is 5.26 Å². The molecule has 2 aromatic heterocycles. The van der Waals surface area contributed by atoms with E-state index in [-0.39, 0.29) is 11.3 Å². The number of fused-ring (bicyclic) bond motifs is 4. The number of unbranched alkanes of at least 4 members (excludes halogenated alkanes) is 6. The van der Waals surface area contributed by atoms with Crippen LogP contribution < -0.4 is 0 Å². The molecule has 1 aliphatic carbocycles. The molecule has 0 saturated heterocycles. The van der Waals surface area contributed by atoms with Gasteiger partial charge in [-0.2, -0.15) is 5.26 Å². The molecule has 0 amide bonds. The van der Waals surface area contributed by atoms with Gasteiger partial charge in [-0.3, -0.25) is 4.79 Å². The van der Waals surface area contributed by atoms with Crippen molar-refractivity contribution in [3.05, 3.63) is 52.7 Å². The van der Waals surface area contributed by atoms with Crippen molar-refractivity contribution in [1.82, 2.24) is 9.55 Å². The molecule has 166 valence electrons. The second kappa shape index (κ2) is 8.90. The standard InChI is InChI=1S/C28H33N3O/c1-5-6-7-8-9-10-11-16-22-23-19(17-29)18-31(28(2,3)4)27(23)30-25-20-14-12-13-15-21(20)26(32)24(22)25/h12-15,18H,5-11,16H2,1-4H3. The van der Waals surface area contributed by atoms with Crippen LogP contribution in [0.4, 0.5) is 0 Å². The van der Waals surface area contributed by atoms with Gasteiger partial charge in [0.05, 0.1) is 16.8 Å². The lowest BCUT2D eigenvalue weighted by Gasteiger charge is -2.22. The number of nitrogens with zero attached hydrogens (tertiary/aromatic N) is 3. The Labute approximate surface area is 191 Å². The number of pyridine rings is 1. The first kappa shape index (κ1) is 22.3. The van der Waals surface area contributed by atoms with E-state index in [2.05, 4.69) is 38.3 Å². The van der Waals surface area contributed by atoms with Gasteiger partial charge >= 0.3 is 0 Å². The van der Waals surface area contributed by atoms with E-state index < -0.39 is 0 Å². The maximum atomic E-state index is 13.4. The Balaban J connectivity index is 1.81. The number of nitriles is 1. The van der Waals surface area contributed by atoms with Crippen molar-refractivity contribution in [2.75, 3.05) is 0 Å². The zero-order valence-electron chi connectivity index (χ0n) is 19.8. The molecule has 0 aliphatic heterocycles. The summed E-state index contributed by atoms with van der Waals surface area (Å²) in [5, 5.41) is 10.8. The molecule has 0 saturated carbocycles. The lowest BCUT2D eigenvalue weighted by molar-refractivity contribution is 0.104. The van der Waals surface area contributed by atoms with Crippen LogP contribution in [0.15, 0.2) is 30.5 Å². The molecule has 0 unspecified atom stereocenters. The van der Waals surface area contributed by atoms with Crippen molar-refractivity contribution in [2.24, 2.45) is 0 Å². The van der Waals surface area contributed by atoms with Crippen LogP contribution in [0.3, 0.4) is 0 Å². The zero-order chi connectivity index (χ0) is 22.9. The third-order valence-electron chi connectivity index (χ3n) is 6.56. The quantitative estimate of drug-likeness (QED) is 0.280. The largest absolute Gasteiger partial charge is 0.326 e. The van der Waals surface area contributed by atoms with Crippen LogP contribution >= 0.6 is 0 Å². The zero-order valence-corrected chi connectivity index (χ0v) is 19.8. The van der Waals surface area contributed by atoms with E-state index in [0.717, 1.165) is 52.7 Å². The van der Waals surface area contributed by atoms with Crippen molar-refractivity contribution < 1.29 is 4.79 Å². The van der Waals surface area contributed by atoms with Gasteiger partial charge in [0.2, 0.25) is 0 Å². The molecular formula is C28H33N3O. The molecule has 0 radical (unpaired) electrons. The van der Waals surface area contributed by atoms with Crippen LogP contribution in [0.1, 0.15) is 99.7 Å². The predicted octanol–water partition coefficient (Wildman–Crippen LogP) is 7.17. The van der Waals surface area contributed by atoms with Gasteiger partial charge < -0.3 is 4.57 Å². The summed E-state index contributed by atoms with van der Waals surface area (Å²) in [6.07, 6.45) is 11.2. The number of carbonyl (C=O) groups is 1. The topological polar surface area (TPSA) is 58.7 Å². The number of aryl methyl sites for hydroxylation is 1. The van der Waals surface area contributed by atoms with Gasteiger partial charge in [-0.15, -0.1) is 0 Å². The molecule has 0 fully saturated rings. The summed E-state index contributed by atoms with van der Waals surface area (Å²) in [5.41, 5.74) is 5.37. The van der Waals surface area contributed by atoms with E-state index >= 15 is 0 Å². The molecule has 0 spiro atoms. The second-order valence-electron chi connectivity index (χ2n) is 9.95. The van der Waals surface area contributed by atoms with Gasteiger partial charge in [-0.25, -0.2) is 4.98 Å². The van der Waals surface area contributed by atoms with E-state index in [4.69, 9.17) is 4.98 Å². The summed E-state index contributed by atoms with van der Waals surface area (Å²) >= 11 is 0. The normalized spacial score (nSPS) is 12.8. The van der Waals surface area contributed by atoms with Crippen LogP contribution in [0.2, 0.25) is 0 Å². The molecular weight excluding hydrogens is 394 g/mol. The Hall–Kier alpha value is -2.93. The highest BCUT2D eigenvalue weighted by Gasteiger charge is 2.34. The average Bonchev–Trinajstić information content (AvgIpc) is 3.29. The number of hydrogen-bond donors (Lipinski definition) is 0. The summed E-state index contributed by atoms with van der Waals surface area (Å²) in [5.74, 6) is 0.0512. The maximum Gasteiger partial charge on any atom is 0.196 e. The van der Waals surface area contributed by atoms with Crippen molar-refractivity contribution in [2.45, 2.75) is 84.6 Å². The van der Waals surface area contributed by atoms with Crippen LogP contribution in [0.25, 0.3) is 22.3 Å². The summed E-state index contributed by atoms with van der Waals surface area (Å²) in [6.45, 7) is 8.60. The average molecular weight is 428 g/mol. The highest BCUT2D eigenvalue weighted by atomic mass is 16.1. The van der Waals surface area contributed by atoms with E-state index in [1.165, 1.54) is 32.1 Å². The summed E-state index contributed by atoms with van der Waals surface area (Å²) < 4.78 is 2.10. The fourth-order valence-corrected chi connectivity index (χ4v) is 4.90. The highest BCUT2D eigenvalue weighted by molar-refractivity contribution is 6.23. The minimum atomic E-state index is -0.215. The van der Waals surface area contributed by atoms with E-state index in [9.17, 15) is 10.1 Å². The molecule has 4 heteroatoms. The Bertz CT molecular complexity index is 1200. The number of hydrogen-bond acceptors (Lipinski definition) is 3. The minimum Gasteiger partial charge on any atom is -0.326 e. The molecule has 4 rings (SSSR count). The SMILES string of the molecule is CCCCCCCCCc1c2c(nc3c1c(C#N)cn3C(C)(C)C)-c1ccccc1C2=O. The molecule has 0 N–H and O–H groups in total. The van der Waals surface area contributed by atoms with Crippen LogP contribution in [-0.2, 0) is 12.0 Å². The Morgan fingerprint density at radius 1 is 1.00 bits per heavy atom. The number of benzene rings is 1. The fourth-order valence-electron chi connectivity index (χ4n) is 4.90. The third-order valence-corrected chi connectivity index (χ3v) is 6.56. The Morgan fingerprint density at radius 3 is 2.31 bits per heavy atom. The number of rotatable bonds is 8. The first-order valence-electron chi connectivity index (χ1n) is 12.0. The fraction of sp³-hybridized carbons (Fsp3) is 0.464. The number of carbonyl (C=O) groups excluding carboxylic acids is 1. The van der Waals surface area contributed by atoms with Crippen molar-refractivity contribution in [3.8, 4) is 17.3 Å². The Kier molecular flexibility index (Phi) is 6.20.